The second-order valence-corrected chi connectivity index (χ2v) is 7.24. The second kappa shape index (κ2) is 7.99. The lowest BCUT2D eigenvalue weighted by Crippen LogP contribution is -2.47. The maximum Gasteiger partial charge on any atom is 0.0443 e. The maximum absolute atomic E-state index is 9.12. The summed E-state index contributed by atoms with van der Waals surface area (Å²) in [6.07, 6.45) is 13.5. The van der Waals surface area contributed by atoms with Crippen LogP contribution < -0.4 is 0 Å². The van der Waals surface area contributed by atoms with Crippen molar-refractivity contribution in [2.24, 2.45) is 5.41 Å². The first-order valence-corrected chi connectivity index (χ1v) is 9.33. The van der Waals surface area contributed by atoms with Crippen LogP contribution in [-0.2, 0) is 0 Å². The van der Waals surface area contributed by atoms with E-state index in [1.807, 2.05) is 0 Å². The SMILES string of the molecule is OCCCN(CC1(CBr)CCCCCC1)C1CCC1. The van der Waals surface area contributed by atoms with Gasteiger partial charge in [-0.2, -0.15) is 0 Å². The highest BCUT2D eigenvalue weighted by Gasteiger charge is 2.35. The Labute approximate surface area is 127 Å². The molecule has 3 heteroatoms. The molecule has 2 saturated carbocycles. The molecule has 0 unspecified atom stereocenters. The van der Waals surface area contributed by atoms with Gasteiger partial charge in [0.05, 0.1) is 0 Å². The Bertz CT molecular complexity index is 247. The van der Waals surface area contributed by atoms with Crippen LogP contribution in [0.25, 0.3) is 0 Å². The summed E-state index contributed by atoms with van der Waals surface area (Å²) < 4.78 is 0. The Morgan fingerprint density at radius 2 is 1.74 bits per heavy atom. The van der Waals surface area contributed by atoms with E-state index in [4.69, 9.17) is 5.11 Å². The number of aliphatic hydroxyl groups excluding tert-OH is 1. The van der Waals surface area contributed by atoms with Crippen molar-refractivity contribution >= 4 is 15.9 Å². The molecule has 0 saturated heterocycles. The quantitative estimate of drug-likeness (QED) is 0.563. The highest BCUT2D eigenvalue weighted by Crippen LogP contribution is 2.39. The van der Waals surface area contributed by atoms with E-state index in [0.717, 1.165) is 24.3 Å². The van der Waals surface area contributed by atoms with Gasteiger partial charge in [0.1, 0.15) is 0 Å². The molecule has 2 rings (SSSR count). The van der Waals surface area contributed by atoms with E-state index in [2.05, 4.69) is 20.8 Å². The fourth-order valence-electron chi connectivity index (χ4n) is 3.66. The van der Waals surface area contributed by atoms with Crippen molar-refractivity contribution < 1.29 is 5.11 Å². The lowest BCUT2D eigenvalue weighted by atomic mass is 9.80. The molecule has 0 aromatic rings. The Balaban J connectivity index is 1.95. The Kier molecular flexibility index (Phi) is 6.64. The van der Waals surface area contributed by atoms with E-state index in [9.17, 15) is 0 Å². The number of nitrogens with zero attached hydrogens (tertiary/aromatic N) is 1. The molecule has 0 radical (unpaired) electrons. The first kappa shape index (κ1) is 15.8. The van der Waals surface area contributed by atoms with E-state index in [1.165, 1.54) is 64.3 Å². The summed E-state index contributed by atoms with van der Waals surface area (Å²) in [6.45, 7) is 2.68. The molecule has 2 fully saturated rings. The predicted molar refractivity (Wildman–Crippen MR) is 84.8 cm³/mol. The zero-order chi connectivity index (χ0) is 13.6. The van der Waals surface area contributed by atoms with E-state index >= 15 is 0 Å². The summed E-state index contributed by atoms with van der Waals surface area (Å²) in [5.74, 6) is 0. The van der Waals surface area contributed by atoms with E-state index in [1.54, 1.807) is 0 Å². The number of rotatable bonds is 7. The molecule has 2 nitrogen and oxygen atoms in total. The minimum Gasteiger partial charge on any atom is -0.396 e. The van der Waals surface area contributed by atoms with E-state index < -0.39 is 0 Å². The summed E-state index contributed by atoms with van der Waals surface area (Å²) in [5.41, 5.74) is 0.502. The molecule has 2 aliphatic rings. The van der Waals surface area contributed by atoms with Crippen LogP contribution in [0, 0.1) is 5.41 Å². The molecule has 0 amide bonds. The predicted octanol–water partition coefficient (Wildman–Crippen LogP) is 3.96. The van der Waals surface area contributed by atoms with E-state index in [0.29, 0.717) is 12.0 Å². The molecule has 112 valence electrons. The van der Waals surface area contributed by atoms with Crippen LogP contribution >= 0.6 is 15.9 Å². The lowest BCUT2D eigenvalue weighted by molar-refractivity contribution is 0.0645. The van der Waals surface area contributed by atoms with Gasteiger partial charge >= 0.3 is 0 Å². The van der Waals surface area contributed by atoms with Crippen molar-refractivity contribution in [1.29, 1.82) is 0 Å². The normalized spacial score (nSPS) is 24.2. The molecule has 0 heterocycles. The summed E-state index contributed by atoms with van der Waals surface area (Å²) in [4.78, 5) is 2.70. The largest absolute Gasteiger partial charge is 0.396 e. The average molecular weight is 332 g/mol. The fraction of sp³-hybridized carbons (Fsp3) is 1.00. The van der Waals surface area contributed by atoms with Crippen LogP contribution in [-0.4, -0.2) is 41.1 Å². The monoisotopic (exact) mass is 331 g/mol. The van der Waals surface area contributed by atoms with Crippen LogP contribution in [0.3, 0.4) is 0 Å². The molecule has 0 spiro atoms. The van der Waals surface area contributed by atoms with Gasteiger partial charge in [0.25, 0.3) is 0 Å². The summed E-state index contributed by atoms with van der Waals surface area (Å²) >= 11 is 3.81. The van der Waals surface area contributed by atoms with Gasteiger partial charge in [-0.15, -0.1) is 0 Å². The van der Waals surface area contributed by atoms with Crippen LogP contribution in [0.2, 0.25) is 0 Å². The fourth-order valence-corrected chi connectivity index (χ4v) is 4.40. The van der Waals surface area contributed by atoms with Crippen LogP contribution in [0.4, 0.5) is 0 Å². The Hall–Kier alpha value is 0.400. The molecule has 0 atom stereocenters. The minimum atomic E-state index is 0.338. The van der Waals surface area contributed by atoms with Crippen LogP contribution in [0.5, 0.6) is 0 Å². The number of hydrogen-bond acceptors (Lipinski definition) is 2. The third kappa shape index (κ3) is 4.44. The molecule has 0 aliphatic heterocycles. The van der Waals surface area contributed by atoms with Crippen molar-refractivity contribution in [2.45, 2.75) is 70.3 Å². The molecule has 19 heavy (non-hydrogen) atoms. The van der Waals surface area contributed by atoms with Crippen LogP contribution in [0.15, 0.2) is 0 Å². The van der Waals surface area contributed by atoms with Crippen molar-refractivity contribution in [3.8, 4) is 0 Å². The standard InChI is InChI=1S/C16H30BrNO/c17-13-16(9-3-1-2-4-10-16)14-18(11-6-12-19)15-7-5-8-15/h15,19H,1-14H2. The molecule has 2 aliphatic carbocycles. The van der Waals surface area contributed by atoms with E-state index in [-0.39, 0.29) is 0 Å². The molecular weight excluding hydrogens is 302 g/mol. The first-order valence-electron chi connectivity index (χ1n) is 8.20. The third-order valence-corrected chi connectivity index (χ3v) is 6.37. The first-order chi connectivity index (χ1) is 9.29. The molecule has 1 N–H and O–H groups in total. The summed E-state index contributed by atoms with van der Waals surface area (Å²) in [5, 5.41) is 10.3. The van der Waals surface area contributed by atoms with Gasteiger partial charge in [-0.05, 0) is 37.5 Å². The molecular formula is C16H30BrNO. The highest BCUT2D eigenvalue weighted by atomic mass is 79.9. The molecule has 0 aromatic heterocycles. The second-order valence-electron chi connectivity index (χ2n) is 6.68. The smallest absolute Gasteiger partial charge is 0.0443 e. The van der Waals surface area contributed by atoms with Crippen LogP contribution in [0.1, 0.15) is 64.2 Å². The topological polar surface area (TPSA) is 23.5 Å². The van der Waals surface area contributed by atoms with Crippen molar-refractivity contribution in [1.82, 2.24) is 4.90 Å². The third-order valence-electron chi connectivity index (χ3n) is 5.18. The Morgan fingerprint density at radius 1 is 1.05 bits per heavy atom. The number of aliphatic hydroxyl groups is 1. The van der Waals surface area contributed by atoms with Crippen molar-refractivity contribution in [2.75, 3.05) is 25.0 Å². The summed E-state index contributed by atoms with van der Waals surface area (Å²) in [6, 6.07) is 0.811. The summed E-state index contributed by atoms with van der Waals surface area (Å²) in [7, 11) is 0. The average Bonchev–Trinajstić information content (AvgIpc) is 2.60. The number of alkyl halides is 1. The van der Waals surface area contributed by atoms with Gasteiger partial charge in [0, 0.05) is 31.1 Å². The Morgan fingerprint density at radius 3 is 2.21 bits per heavy atom. The lowest BCUT2D eigenvalue weighted by Gasteiger charge is -2.44. The maximum atomic E-state index is 9.12. The van der Waals surface area contributed by atoms with Gasteiger partial charge in [0.15, 0.2) is 0 Å². The minimum absolute atomic E-state index is 0.338. The van der Waals surface area contributed by atoms with Gasteiger partial charge in [-0.1, -0.05) is 48.0 Å². The molecule has 0 bridgehead atoms. The zero-order valence-electron chi connectivity index (χ0n) is 12.2. The van der Waals surface area contributed by atoms with Gasteiger partial charge < -0.3 is 5.11 Å². The van der Waals surface area contributed by atoms with Gasteiger partial charge in [-0.25, -0.2) is 0 Å². The van der Waals surface area contributed by atoms with Crippen molar-refractivity contribution in [3.05, 3.63) is 0 Å². The van der Waals surface area contributed by atoms with Crippen molar-refractivity contribution in [3.63, 3.8) is 0 Å². The zero-order valence-corrected chi connectivity index (χ0v) is 13.8. The number of halogens is 1. The van der Waals surface area contributed by atoms with Gasteiger partial charge in [-0.3, -0.25) is 4.90 Å². The number of hydrogen-bond donors (Lipinski definition) is 1. The molecule has 0 aromatic carbocycles. The van der Waals surface area contributed by atoms with Gasteiger partial charge in [0.2, 0.25) is 0 Å². The highest BCUT2D eigenvalue weighted by molar-refractivity contribution is 9.09.